The summed E-state index contributed by atoms with van der Waals surface area (Å²) < 4.78 is 5.24. The molecule has 0 atom stereocenters. The van der Waals surface area contributed by atoms with Crippen molar-refractivity contribution in [3.63, 3.8) is 0 Å². The summed E-state index contributed by atoms with van der Waals surface area (Å²) >= 11 is 1.27. The standard InChI is InChI=1S/C18H15N3O4S/c1-12-5-7-13(8-6-12)14-11-26-18(19-14)20-16(22)10-25-17(23)15-4-2-3-9-21(15)24/h2-9,11H,10H2,1H3,(H,19,20,22). The summed E-state index contributed by atoms with van der Waals surface area (Å²) in [5.41, 5.74) is 2.66. The Labute approximate surface area is 153 Å². The molecule has 0 aliphatic rings. The second-order valence-corrected chi connectivity index (χ2v) is 6.30. The molecule has 0 saturated heterocycles. The van der Waals surface area contributed by atoms with Crippen molar-refractivity contribution in [1.29, 1.82) is 0 Å². The first-order valence-electron chi connectivity index (χ1n) is 7.70. The molecule has 0 spiro atoms. The molecule has 26 heavy (non-hydrogen) atoms. The predicted molar refractivity (Wildman–Crippen MR) is 96.6 cm³/mol. The summed E-state index contributed by atoms with van der Waals surface area (Å²) in [5, 5.41) is 16.3. The quantitative estimate of drug-likeness (QED) is 0.424. The van der Waals surface area contributed by atoms with Crippen molar-refractivity contribution in [2.45, 2.75) is 6.92 Å². The number of anilines is 1. The lowest BCUT2D eigenvalue weighted by Crippen LogP contribution is -2.35. The normalized spacial score (nSPS) is 10.3. The Balaban J connectivity index is 1.56. The van der Waals surface area contributed by atoms with E-state index in [1.54, 1.807) is 0 Å². The van der Waals surface area contributed by atoms with Gasteiger partial charge in [-0.2, -0.15) is 4.73 Å². The number of amides is 1. The third-order valence-electron chi connectivity index (χ3n) is 3.47. The van der Waals surface area contributed by atoms with E-state index in [1.807, 2.05) is 36.6 Å². The highest BCUT2D eigenvalue weighted by atomic mass is 32.1. The third kappa shape index (κ3) is 4.22. The van der Waals surface area contributed by atoms with Crippen molar-refractivity contribution in [2.24, 2.45) is 0 Å². The Morgan fingerprint density at radius 2 is 2.00 bits per heavy atom. The van der Waals surface area contributed by atoms with Gasteiger partial charge in [-0.15, -0.1) is 11.3 Å². The van der Waals surface area contributed by atoms with Gasteiger partial charge in [0.1, 0.15) is 0 Å². The molecule has 1 N–H and O–H groups in total. The first kappa shape index (κ1) is 17.6. The number of ether oxygens (including phenoxy) is 1. The zero-order chi connectivity index (χ0) is 18.5. The second kappa shape index (κ2) is 7.75. The molecule has 2 heterocycles. The summed E-state index contributed by atoms with van der Waals surface area (Å²) in [7, 11) is 0. The number of benzene rings is 1. The van der Waals surface area contributed by atoms with Crippen LogP contribution in [0.2, 0.25) is 0 Å². The minimum atomic E-state index is -0.866. The largest absolute Gasteiger partial charge is 0.618 e. The SMILES string of the molecule is Cc1ccc(-c2csc(NC(=O)COC(=O)c3cccc[n+]3[O-])n2)cc1. The summed E-state index contributed by atoms with van der Waals surface area (Å²) in [6, 6.07) is 12.2. The highest BCUT2D eigenvalue weighted by Gasteiger charge is 2.18. The van der Waals surface area contributed by atoms with Crippen LogP contribution in [0.15, 0.2) is 54.0 Å². The predicted octanol–water partition coefficient (Wildman–Crippen LogP) is 2.55. The first-order valence-corrected chi connectivity index (χ1v) is 8.58. The number of esters is 1. The van der Waals surface area contributed by atoms with E-state index in [-0.39, 0.29) is 5.69 Å². The molecule has 0 bridgehead atoms. The maximum absolute atomic E-state index is 11.9. The highest BCUT2D eigenvalue weighted by molar-refractivity contribution is 7.14. The lowest BCUT2D eigenvalue weighted by atomic mass is 10.1. The average molecular weight is 369 g/mol. The van der Waals surface area contributed by atoms with E-state index in [1.165, 1.54) is 35.7 Å². The van der Waals surface area contributed by atoms with E-state index in [9.17, 15) is 14.8 Å². The van der Waals surface area contributed by atoms with Crippen LogP contribution in [0.4, 0.5) is 5.13 Å². The van der Waals surface area contributed by atoms with Crippen LogP contribution in [0.25, 0.3) is 11.3 Å². The maximum atomic E-state index is 11.9. The lowest BCUT2D eigenvalue weighted by molar-refractivity contribution is -0.608. The zero-order valence-corrected chi connectivity index (χ0v) is 14.7. The topological polar surface area (TPSA) is 95.2 Å². The van der Waals surface area contributed by atoms with E-state index in [4.69, 9.17) is 4.74 Å². The van der Waals surface area contributed by atoms with E-state index in [2.05, 4.69) is 10.3 Å². The lowest BCUT2D eigenvalue weighted by Gasteiger charge is -2.05. The van der Waals surface area contributed by atoms with Gasteiger partial charge in [-0.05, 0) is 13.0 Å². The van der Waals surface area contributed by atoms with Crippen molar-refractivity contribution in [3.8, 4) is 11.3 Å². The van der Waals surface area contributed by atoms with Gasteiger partial charge in [-0.1, -0.05) is 29.8 Å². The van der Waals surface area contributed by atoms with Crippen LogP contribution in [0.5, 0.6) is 0 Å². The van der Waals surface area contributed by atoms with Crippen molar-refractivity contribution >= 4 is 28.3 Å². The number of hydrogen-bond acceptors (Lipinski definition) is 6. The third-order valence-corrected chi connectivity index (χ3v) is 4.22. The molecule has 132 valence electrons. The number of rotatable bonds is 5. The summed E-state index contributed by atoms with van der Waals surface area (Å²) in [6.45, 7) is 1.49. The van der Waals surface area contributed by atoms with Gasteiger partial charge in [0, 0.05) is 23.1 Å². The minimum Gasteiger partial charge on any atom is -0.618 e. The molecule has 0 fully saturated rings. The van der Waals surface area contributed by atoms with Gasteiger partial charge in [0.15, 0.2) is 17.9 Å². The van der Waals surface area contributed by atoms with Gasteiger partial charge in [0.05, 0.1) is 5.69 Å². The molecule has 7 nitrogen and oxygen atoms in total. The smallest absolute Gasteiger partial charge is 0.405 e. The Hall–Kier alpha value is -3.26. The first-order chi connectivity index (χ1) is 12.5. The van der Waals surface area contributed by atoms with E-state index >= 15 is 0 Å². The van der Waals surface area contributed by atoms with Crippen LogP contribution in [0.3, 0.4) is 0 Å². The number of hydrogen-bond donors (Lipinski definition) is 1. The molecule has 3 aromatic rings. The van der Waals surface area contributed by atoms with Crippen molar-refractivity contribution in [2.75, 3.05) is 11.9 Å². The van der Waals surface area contributed by atoms with Gasteiger partial charge >= 0.3 is 11.7 Å². The Morgan fingerprint density at radius 1 is 1.23 bits per heavy atom. The van der Waals surface area contributed by atoms with Crippen LogP contribution in [-0.4, -0.2) is 23.5 Å². The monoisotopic (exact) mass is 369 g/mol. The Bertz CT molecular complexity index is 938. The molecule has 3 rings (SSSR count). The molecule has 0 aliphatic heterocycles. The van der Waals surface area contributed by atoms with Crippen LogP contribution in [-0.2, 0) is 9.53 Å². The molecule has 1 aromatic carbocycles. The highest BCUT2D eigenvalue weighted by Crippen LogP contribution is 2.25. The number of carbonyl (C=O) groups is 2. The molecule has 0 aliphatic carbocycles. The number of nitrogens with zero attached hydrogens (tertiary/aromatic N) is 2. The molecule has 2 aromatic heterocycles. The van der Waals surface area contributed by atoms with Crippen LogP contribution in [0, 0.1) is 12.1 Å². The number of carbonyl (C=O) groups excluding carboxylic acids is 2. The van der Waals surface area contributed by atoms with Gasteiger partial charge in [0.25, 0.3) is 5.91 Å². The molecule has 1 amide bonds. The zero-order valence-electron chi connectivity index (χ0n) is 13.8. The fourth-order valence-corrected chi connectivity index (χ4v) is 2.87. The molecular formula is C18H15N3O4S. The van der Waals surface area contributed by atoms with Crippen LogP contribution in [0.1, 0.15) is 16.1 Å². The van der Waals surface area contributed by atoms with Crippen molar-refractivity contribution in [3.05, 3.63) is 70.5 Å². The average Bonchev–Trinajstić information content (AvgIpc) is 3.09. The summed E-state index contributed by atoms with van der Waals surface area (Å²) in [6.07, 6.45) is 1.18. The molecule has 0 saturated carbocycles. The van der Waals surface area contributed by atoms with Crippen LogP contribution >= 0.6 is 11.3 Å². The number of aromatic nitrogens is 2. The van der Waals surface area contributed by atoms with Gasteiger partial charge < -0.3 is 9.94 Å². The molecular weight excluding hydrogens is 354 g/mol. The van der Waals surface area contributed by atoms with Crippen molar-refractivity contribution in [1.82, 2.24) is 4.98 Å². The molecule has 8 heteroatoms. The number of aryl methyl sites for hydroxylation is 1. The fraction of sp³-hybridized carbons (Fsp3) is 0.111. The van der Waals surface area contributed by atoms with Gasteiger partial charge in [-0.25, -0.2) is 9.78 Å². The van der Waals surface area contributed by atoms with Crippen molar-refractivity contribution < 1.29 is 19.1 Å². The van der Waals surface area contributed by atoms with Gasteiger partial charge in [-0.3, -0.25) is 10.1 Å². The van der Waals surface area contributed by atoms with Gasteiger partial charge in [0.2, 0.25) is 0 Å². The number of pyridine rings is 1. The molecule has 0 radical (unpaired) electrons. The summed E-state index contributed by atoms with van der Waals surface area (Å²) in [5.74, 6) is -1.40. The number of nitrogens with one attached hydrogen (secondary N) is 1. The van der Waals surface area contributed by atoms with E-state index < -0.39 is 18.5 Å². The fourth-order valence-electron chi connectivity index (χ4n) is 2.13. The minimum absolute atomic E-state index is 0.184. The van der Waals surface area contributed by atoms with E-state index in [0.717, 1.165) is 16.8 Å². The summed E-state index contributed by atoms with van der Waals surface area (Å²) in [4.78, 5) is 28.1. The van der Waals surface area contributed by atoms with Crippen LogP contribution < -0.4 is 10.0 Å². The maximum Gasteiger partial charge on any atom is 0.405 e. The van der Waals surface area contributed by atoms with E-state index in [0.29, 0.717) is 9.86 Å². The molecule has 0 unspecified atom stereocenters. The second-order valence-electron chi connectivity index (χ2n) is 5.44. The Kier molecular flexibility index (Phi) is 5.23. The Morgan fingerprint density at radius 3 is 2.73 bits per heavy atom. The number of thiazole rings is 1.